The van der Waals surface area contributed by atoms with Crippen LogP contribution in [0, 0.1) is 0 Å². The van der Waals surface area contributed by atoms with E-state index >= 15 is 0 Å². The highest BCUT2D eigenvalue weighted by Crippen LogP contribution is 2.51. The van der Waals surface area contributed by atoms with E-state index in [-0.39, 0.29) is 0 Å². The third-order valence-electron chi connectivity index (χ3n) is 1.97. The van der Waals surface area contributed by atoms with Gasteiger partial charge >= 0.3 is 0 Å². The van der Waals surface area contributed by atoms with Crippen molar-refractivity contribution in [1.29, 1.82) is 0 Å². The Morgan fingerprint density at radius 2 is 2.21 bits per heavy atom. The minimum atomic E-state index is -2.81. The molecule has 0 bridgehead atoms. The molecule has 0 fully saturated rings. The maximum absolute atomic E-state index is 12.3. The zero-order chi connectivity index (χ0) is 10.0. The minimum Gasteiger partial charge on any atom is -0.464 e. The quantitative estimate of drug-likeness (QED) is 0.703. The molecule has 0 spiro atoms. The first-order valence-electron chi connectivity index (χ1n) is 4.44. The van der Waals surface area contributed by atoms with Gasteiger partial charge in [-0.05, 0) is 19.1 Å². The lowest BCUT2D eigenvalue weighted by Crippen LogP contribution is -2.12. The summed E-state index contributed by atoms with van der Waals surface area (Å²) in [6.07, 6.45) is 1.43. The SMILES string of the molecule is CCOP1(=O)C=COc2ccccc21. The second kappa shape index (κ2) is 3.60. The standard InChI is InChI=1S/C10H11O3P/c1-2-13-14(11)8-7-12-9-5-3-4-6-10(9)14/h3-8H,2H2,1H3. The van der Waals surface area contributed by atoms with Gasteiger partial charge in [-0.25, -0.2) is 0 Å². The number of benzene rings is 1. The second-order valence-corrected chi connectivity index (χ2v) is 5.12. The molecule has 0 N–H and O–H groups in total. The Labute approximate surface area is 82.8 Å². The molecule has 1 heterocycles. The van der Waals surface area contributed by atoms with Gasteiger partial charge in [-0.3, -0.25) is 4.57 Å². The van der Waals surface area contributed by atoms with E-state index in [1.807, 2.05) is 19.1 Å². The lowest BCUT2D eigenvalue weighted by atomic mass is 10.3. The maximum atomic E-state index is 12.3. The average molecular weight is 210 g/mol. The van der Waals surface area contributed by atoms with Crippen molar-refractivity contribution in [2.24, 2.45) is 0 Å². The summed E-state index contributed by atoms with van der Waals surface area (Å²) < 4.78 is 22.8. The van der Waals surface area contributed by atoms with Gasteiger partial charge in [0.05, 0.1) is 18.2 Å². The summed E-state index contributed by atoms with van der Waals surface area (Å²) in [5.41, 5.74) is 0. The van der Waals surface area contributed by atoms with Crippen LogP contribution in [0.1, 0.15) is 6.92 Å². The molecule has 0 aliphatic carbocycles. The first kappa shape index (κ1) is 9.50. The fourth-order valence-corrected chi connectivity index (χ4v) is 3.10. The van der Waals surface area contributed by atoms with E-state index < -0.39 is 7.37 Å². The lowest BCUT2D eigenvalue weighted by Gasteiger charge is -2.20. The highest BCUT2D eigenvalue weighted by Gasteiger charge is 2.28. The molecule has 0 saturated heterocycles. The van der Waals surface area contributed by atoms with Crippen LogP contribution in [0.3, 0.4) is 0 Å². The molecular formula is C10H11O3P. The highest BCUT2D eigenvalue weighted by atomic mass is 31.2. The first-order chi connectivity index (χ1) is 6.76. The minimum absolute atomic E-state index is 0.427. The molecule has 2 rings (SSSR count). The molecule has 0 radical (unpaired) electrons. The van der Waals surface area contributed by atoms with Crippen molar-refractivity contribution in [3.8, 4) is 5.75 Å². The first-order valence-corrected chi connectivity index (χ1v) is 6.14. The molecule has 1 aromatic carbocycles. The third-order valence-corrected chi connectivity index (χ3v) is 4.17. The van der Waals surface area contributed by atoms with Crippen LogP contribution < -0.4 is 10.0 Å². The molecule has 14 heavy (non-hydrogen) atoms. The van der Waals surface area contributed by atoms with E-state index in [1.54, 1.807) is 12.1 Å². The number of para-hydroxylation sites is 1. The molecule has 1 aliphatic heterocycles. The second-order valence-electron chi connectivity index (χ2n) is 2.89. The fraction of sp³-hybridized carbons (Fsp3) is 0.200. The van der Waals surface area contributed by atoms with Crippen molar-refractivity contribution in [2.75, 3.05) is 6.61 Å². The van der Waals surface area contributed by atoms with Gasteiger partial charge in [0.15, 0.2) is 0 Å². The van der Waals surface area contributed by atoms with Crippen molar-refractivity contribution in [1.82, 2.24) is 0 Å². The Hall–Kier alpha value is -1.05. The van der Waals surface area contributed by atoms with E-state index in [2.05, 4.69) is 0 Å². The summed E-state index contributed by atoms with van der Waals surface area (Å²) in [6.45, 7) is 2.25. The van der Waals surface area contributed by atoms with Crippen molar-refractivity contribution in [3.05, 3.63) is 36.3 Å². The topological polar surface area (TPSA) is 35.5 Å². The molecule has 1 atom stereocenters. The van der Waals surface area contributed by atoms with Crippen LogP contribution in [0.2, 0.25) is 0 Å². The van der Waals surface area contributed by atoms with Crippen LogP contribution >= 0.6 is 7.37 Å². The molecular weight excluding hydrogens is 199 g/mol. The third kappa shape index (κ3) is 1.49. The Kier molecular flexibility index (Phi) is 2.44. The molecule has 74 valence electrons. The van der Waals surface area contributed by atoms with Gasteiger partial charge in [-0.1, -0.05) is 12.1 Å². The van der Waals surface area contributed by atoms with Gasteiger partial charge in [0.1, 0.15) is 5.75 Å². The number of fused-ring (bicyclic) bond motifs is 1. The zero-order valence-corrected chi connectivity index (χ0v) is 8.74. The van der Waals surface area contributed by atoms with Crippen LogP contribution in [0.5, 0.6) is 5.75 Å². The predicted octanol–water partition coefficient (Wildman–Crippen LogP) is 2.49. The molecule has 1 unspecified atom stereocenters. The summed E-state index contributed by atoms with van der Waals surface area (Å²) in [7, 11) is -2.81. The summed E-state index contributed by atoms with van der Waals surface area (Å²) in [5, 5.41) is 0.643. The number of hydrogen-bond acceptors (Lipinski definition) is 3. The van der Waals surface area contributed by atoms with E-state index in [0.717, 1.165) is 0 Å². The Balaban J connectivity index is 2.50. The van der Waals surface area contributed by atoms with Gasteiger partial charge in [0, 0.05) is 5.82 Å². The number of rotatable bonds is 2. The largest absolute Gasteiger partial charge is 0.464 e. The smallest absolute Gasteiger partial charge is 0.261 e. The molecule has 0 aromatic heterocycles. The summed E-state index contributed by atoms with van der Waals surface area (Å²) >= 11 is 0. The van der Waals surface area contributed by atoms with Crippen LogP contribution in [0.4, 0.5) is 0 Å². The molecule has 0 saturated carbocycles. The van der Waals surface area contributed by atoms with E-state index in [0.29, 0.717) is 17.7 Å². The van der Waals surface area contributed by atoms with E-state index in [9.17, 15) is 4.57 Å². The van der Waals surface area contributed by atoms with Crippen LogP contribution in [0.25, 0.3) is 0 Å². The number of ether oxygens (including phenoxy) is 1. The number of hydrogen-bond donors (Lipinski definition) is 0. The van der Waals surface area contributed by atoms with Gasteiger partial charge in [0.25, 0.3) is 7.37 Å². The van der Waals surface area contributed by atoms with E-state index in [1.165, 1.54) is 12.1 Å². The van der Waals surface area contributed by atoms with Crippen molar-refractivity contribution in [2.45, 2.75) is 6.92 Å². The summed E-state index contributed by atoms with van der Waals surface area (Å²) in [5.74, 6) is 2.12. The Bertz CT molecular complexity index is 412. The van der Waals surface area contributed by atoms with Gasteiger partial charge in [-0.15, -0.1) is 0 Å². The van der Waals surface area contributed by atoms with Crippen LogP contribution in [0.15, 0.2) is 36.3 Å². The molecule has 1 aromatic rings. The summed E-state index contributed by atoms with van der Waals surface area (Å²) in [4.78, 5) is 0. The van der Waals surface area contributed by atoms with Gasteiger partial charge in [0.2, 0.25) is 0 Å². The van der Waals surface area contributed by atoms with Crippen molar-refractivity contribution in [3.63, 3.8) is 0 Å². The van der Waals surface area contributed by atoms with E-state index in [4.69, 9.17) is 9.26 Å². The molecule has 0 amide bonds. The Morgan fingerprint density at radius 1 is 1.43 bits per heavy atom. The predicted molar refractivity (Wildman–Crippen MR) is 55.1 cm³/mol. The average Bonchev–Trinajstić information content (AvgIpc) is 2.19. The van der Waals surface area contributed by atoms with Crippen LogP contribution in [-0.2, 0) is 9.09 Å². The zero-order valence-electron chi connectivity index (χ0n) is 7.84. The highest BCUT2D eigenvalue weighted by molar-refractivity contribution is 7.70. The van der Waals surface area contributed by atoms with Gasteiger partial charge in [-0.2, -0.15) is 0 Å². The summed E-state index contributed by atoms with van der Waals surface area (Å²) in [6, 6.07) is 7.22. The molecule has 3 nitrogen and oxygen atoms in total. The molecule has 1 aliphatic rings. The van der Waals surface area contributed by atoms with Crippen LogP contribution in [-0.4, -0.2) is 6.61 Å². The van der Waals surface area contributed by atoms with Gasteiger partial charge < -0.3 is 9.26 Å². The fourth-order valence-electron chi connectivity index (χ4n) is 1.38. The normalized spacial score (nSPS) is 24.1. The lowest BCUT2D eigenvalue weighted by molar-refractivity contribution is 0.343. The Morgan fingerprint density at radius 3 is 3.00 bits per heavy atom. The monoisotopic (exact) mass is 210 g/mol. The van der Waals surface area contributed by atoms with Crippen molar-refractivity contribution < 1.29 is 13.8 Å². The van der Waals surface area contributed by atoms with Crippen molar-refractivity contribution >= 4 is 12.7 Å². The maximum Gasteiger partial charge on any atom is 0.261 e. The molecule has 4 heteroatoms.